The van der Waals surface area contributed by atoms with Crippen molar-refractivity contribution in [1.82, 2.24) is 4.90 Å². The van der Waals surface area contributed by atoms with Crippen molar-refractivity contribution in [2.45, 2.75) is 65.3 Å². The van der Waals surface area contributed by atoms with Crippen molar-refractivity contribution in [2.75, 3.05) is 6.61 Å². The number of morpholine rings is 1. The normalized spacial score (nSPS) is 27.6. The molecule has 6 nitrogen and oxygen atoms in total. The zero-order valence-electron chi connectivity index (χ0n) is 13.0. The number of carbonyl (C=O) groups excluding carboxylic acids is 1. The van der Waals surface area contributed by atoms with E-state index >= 15 is 0 Å². The molecule has 0 bridgehead atoms. The molecule has 1 heterocycles. The molecule has 1 N–H and O–H groups in total. The summed E-state index contributed by atoms with van der Waals surface area (Å²) < 4.78 is 10.8. The fourth-order valence-electron chi connectivity index (χ4n) is 2.28. The van der Waals surface area contributed by atoms with Crippen LogP contribution in [0.4, 0.5) is 4.79 Å². The van der Waals surface area contributed by atoms with E-state index < -0.39 is 29.8 Å². The van der Waals surface area contributed by atoms with E-state index in [2.05, 4.69) is 0 Å². The molecular weight excluding hydrogens is 262 g/mol. The van der Waals surface area contributed by atoms with Gasteiger partial charge in [-0.05, 0) is 33.6 Å². The number of hydrogen-bond donors (Lipinski definition) is 1. The molecule has 1 saturated heterocycles. The molecular formula is C14H25NO5. The number of carboxylic acid groups (broad SMARTS) is 1. The molecule has 1 aliphatic rings. The van der Waals surface area contributed by atoms with Gasteiger partial charge < -0.3 is 14.6 Å². The number of carboxylic acids is 1. The van der Waals surface area contributed by atoms with Crippen molar-refractivity contribution in [3.8, 4) is 0 Å². The summed E-state index contributed by atoms with van der Waals surface area (Å²) in [6.07, 6.45) is -1.50. The lowest BCUT2D eigenvalue weighted by molar-refractivity contribution is -0.167. The first-order chi connectivity index (χ1) is 9.04. The minimum absolute atomic E-state index is 0.153. The zero-order chi connectivity index (χ0) is 15.7. The third-order valence-electron chi connectivity index (χ3n) is 3.30. The molecule has 0 spiro atoms. The highest BCUT2D eigenvalue weighted by Gasteiger charge is 2.44. The average molecular weight is 287 g/mol. The largest absolute Gasteiger partial charge is 0.479 e. The van der Waals surface area contributed by atoms with Gasteiger partial charge in [-0.25, -0.2) is 9.59 Å². The van der Waals surface area contributed by atoms with Crippen LogP contribution in [0.3, 0.4) is 0 Å². The van der Waals surface area contributed by atoms with Crippen LogP contribution in [-0.2, 0) is 14.3 Å². The maximum atomic E-state index is 12.4. The fourth-order valence-corrected chi connectivity index (χ4v) is 2.28. The Morgan fingerprint density at radius 2 is 1.90 bits per heavy atom. The van der Waals surface area contributed by atoms with E-state index in [1.165, 1.54) is 4.90 Å². The van der Waals surface area contributed by atoms with Crippen LogP contribution >= 0.6 is 0 Å². The Bertz CT molecular complexity index is 374. The first-order valence-electron chi connectivity index (χ1n) is 6.90. The van der Waals surface area contributed by atoms with Crippen LogP contribution in [0.2, 0.25) is 0 Å². The van der Waals surface area contributed by atoms with E-state index in [1.54, 1.807) is 27.7 Å². The van der Waals surface area contributed by atoms with Gasteiger partial charge in [0.05, 0.1) is 18.7 Å². The lowest BCUT2D eigenvalue weighted by atomic mass is 9.97. The highest BCUT2D eigenvalue weighted by Crippen LogP contribution is 2.26. The van der Waals surface area contributed by atoms with Crippen LogP contribution in [0.25, 0.3) is 0 Å². The summed E-state index contributed by atoms with van der Waals surface area (Å²) in [4.78, 5) is 25.1. The molecule has 6 heteroatoms. The van der Waals surface area contributed by atoms with Gasteiger partial charge >= 0.3 is 12.1 Å². The lowest BCUT2D eigenvalue weighted by Gasteiger charge is -2.45. The molecule has 1 rings (SSSR count). The van der Waals surface area contributed by atoms with Gasteiger partial charge in [-0.1, -0.05) is 13.8 Å². The van der Waals surface area contributed by atoms with Gasteiger partial charge in [0.1, 0.15) is 5.60 Å². The Morgan fingerprint density at radius 1 is 1.35 bits per heavy atom. The molecule has 116 valence electrons. The first kappa shape index (κ1) is 16.8. The summed E-state index contributed by atoms with van der Waals surface area (Å²) >= 11 is 0. The minimum atomic E-state index is -1.06. The third kappa shape index (κ3) is 3.85. The Balaban J connectivity index is 2.98. The van der Waals surface area contributed by atoms with Crippen LogP contribution in [0.15, 0.2) is 0 Å². The number of carbonyl (C=O) groups is 2. The predicted octanol–water partition coefficient (Wildman–Crippen LogP) is 2.12. The number of aliphatic carboxylic acids is 1. The van der Waals surface area contributed by atoms with Gasteiger partial charge in [0.15, 0.2) is 6.10 Å². The monoisotopic (exact) mass is 287 g/mol. The molecule has 1 unspecified atom stereocenters. The molecule has 0 radical (unpaired) electrons. The molecule has 20 heavy (non-hydrogen) atoms. The van der Waals surface area contributed by atoms with Crippen LogP contribution in [-0.4, -0.2) is 52.5 Å². The van der Waals surface area contributed by atoms with E-state index in [0.717, 1.165) is 0 Å². The standard InChI is InChI=1S/C14H25NO5/c1-8(2)10-7-19-11(12(16)17)9(3)15(10)13(18)20-14(4,5)6/h8-11H,7H2,1-6H3,(H,16,17)/t9?,10-,11-/m1/s1. The predicted molar refractivity (Wildman–Crippen MR) is 73.5 cm³/mol. The summed E-state index contributed by atoms with van der Waals surface area (Å²) in [5, 5.41) is 9.16. The van der Waals surface area contributed by atoms with Gasteiger partial charge in [0, 0.05) is 0 Å². The van der Waals surface area contributed by atoms with Gasteiger partial charge in [0.2, 0.25) is 0 Å². The van der Waals surface area contributed by atoms with Crippen molar-refractivity contribution in [3.63, 3.8) is 0 Å². The van der Waals surface area contributed by atoms with Gasteiger partial charge in [-0.2, -0.15) is 0 Å². The molecule has 0 aromatic rings. The van der Waals surface area contributed by atoms with Crippen molar-refractivity contribution in [3.05, 3.63) is 0 Å². The average Bonchev–Trinajstić information content (AvgIpc) is 2.24. The van der Waals surface area contributed by atoms with Crippen LogP contribution in [0.1, 0.15) is 41.5 Å². The second kappa shape index (κ2) is 5.99. The van der Waals surface area contributed by atoms with Gasteiger partial charge in [-0.3, -0.25) is 4.90 Å². The quantitative estimate of drug-likeness (QED) is 0.842. The van der Waals surface area contributed by atoms with E-state index in [-0.39, 0.29) is 18.6 Å². The topological polar surface area (TPSA) is 76.1 Å². The zero-order valence-corrected chi connectivity index (χ0v) is 13.0. The van der Waals surface area contributed by atoms with Crippen molar-refractivity contribution in [2.24, 2.45) is 5.92 Å². The second-order valence-corrected chi connectivity index (χ2v) is 6.53. The Morgan fingerprint density at radius 3 is 2.30 bits per heavy atom. The maximum absolute atomic E-state index is 12.4. The van der Waals surface area contributed by atoms with Crippen LogP contribution in [0, 0.1) is 5.92 Å². The minimum Gasteiger partial charge on any atom is -0.479 e. The highest BCUT2D eigenvalue weighted by molar-refractivity contribution is 5.76. The summed E-state index contributed by atoms with van der Waals surface area (Å²) in [7, 11) is 0. The first-order valence-corrected chi connectivity index (χ1v) is 6.90. The molecule has 0 aromatic carbocycles. The molecule has 1 fully saturated rings. The number of ether oxygens (including phenoxy) is 2. The Labute approximate surface area is 120 Å². The van der Waals surface area contributed by atoms with E-state index in [0.29, 0.717) is 0 Å². The van der Waals surface area contributed by atoms with Crippen LogP contribution < -0.4 is 0 Å². The maximum Gasteiger partial charge on any atom is 0.410 e. The second-order valence-electron chi connectivity index (χ2n) is 6.53. The Hall–Kier alpha value is -1.30. The van der Waals surface area contributed by atoms with Gasteiger partial charge in [0.25, 0.3) is 0 Å². The molecule has 0 aromatic heterocycles. The van der Waals surface area contributed by atoms with Crippen LogP contribution in [0.5, 0.6) is 0 Å². The molecule has 0 aliphatic carbocycles. The fraction of sp³-hybridized carbons (Fsp3) is 0.857. The number of hydrogen-bond acceptors (Lipinski definition) is 4. The van der Waals surface area contributed by atoms with Crippen molar-refractivity contribution < 1.29 is 24.2 Å². The molecule has 0 saturated carbocycles. The van der Waals surface area contributed by atoms with E-state index in [4.69, 9.17) is 14.6 Å². The third-order valence-corrected chi connectivity index (χ3v) is 3.30. The summed E-state index contributed by atoms with van der Waals surface area (Å²) in [6, 6.07) is -0.751. The number of amides is 1. The summed E-state index contributed by atoms with van der Waals surface area (Å²) in [5.74, 6) is -0.909. The lowest BCUT2D eigenvalue weighted by Crippen LogP contribution is -2.61. The Kier molecular flexibility index (Phi) is 5.02. The smallest absolute Gasteiger partial charge is 0.410 e. The number of nitrogens with zero attached hydrogens (tertiary/aromatic N) is 1. The summed E-state index contributed by atoms with van der Waals surface area (Å²) in [5.41, 5.74) is -0.616. The molecule has 1 aliphatic heterocycles. The highest BCUT2D eigenvalue weighted by atomic mass is 16.6. The van der Waals surface area contributed by atoms with Gasteiger partial charge in [-0.15, -0.1) is 0 Å². The molecule has 3 atom stereocenters. The SMILES string of the molecule is CC(C)[C@H]1CO[C@@H](C(=O)O)C(C)N1C(=O)OC(C)(C)C. The molecule has 1 amide bonds. The van der Waals surface area contributed by atoms with Crippen molar-refractivity contribution >= 4 is 12.1 Å². The summed E-state index contributed by atoms with van der Waals surface area (Å²) in [6.45, 7) is 11.2. The van der Waals surface area contributed by atoms with E-state index in [9.17, 15) is 9.59 Å². The van der Waals surface area contributed by atoms with E-state index in [1.807, 2.05) is 13.8 Å². The number of rotatable bonds is 2. The van der Waals surface area contributed by atoms with Crippen molar-refractivity contribution in [1.29, 1.82) is 0 Å².